The lowest BCUT2D eigenvalue weighted by atomic mass is 9.40. The zero-order chi connectivity index (χ0) is 24.7. The van der Waals surface area contributed by atoms with Gasteiger partial charge in [-0.25, -0.2) is 0 Å². The van der Waals surface area contributed by atoms with Gasteiger partial charge in [0, 0.05) is 28.6 Å². The molecule has 6 aliphatic rings. The first-order valence-corrected chi connectivity index (χ1v) is 12.8. The van der Waals surface area contributed by atoms with Crippen molar-refractivity contribution in [3.05, 3.63) is 35.3 Å². The highest BCUT2D eigenvalue weighted by Crippen LogP contribution is 2.77. The molecule has 11 atom stereocenters. The van der Waals surface area contributed by atoms with E-state index in [-0.39, 0.29) is 59.8 Å². The highest BCUT2D eigenvalue weighted by molar-refractivity contribution is 5.97. The van der Waals surface area contributed by atoms with E-state index in [1.54, 1.807) is 12.5 Å². The second kappa shape index (κ2) is 6.47. The number of fused-ring (bicyclic) bond motifs is 6. The number of esters is 2. The first kappa shape index (κ1) is 21.8. The fourth-order valence-corrected chi connectivity index (χ4v) is 9.74. The third-order valence-corrected chi connectivity index (χ3v) is 11.2. The van der Waals surface area contributed by atoms with Crippen LogP contribution in [-0.2, 0) is 28.6 Å². The van der Waals surface area contributed by atoms with Crippen molar-refractivity contribution in [1.29, 1.82) is 0 Å². The lowest BCUT2D eigenvalue weighted by Gasteiger charge is -2.60. The van der Waals surface area contributed by atoms with Crippen molar-refractivity contribution in [3.8, 4) is 0 Å². The lowest BCUT2D eigenvalue weighted by Crippen LogP contribution is -2.67. The molecule has 1 aromatic heterocycles. The Bertz CT molecular complexity index is 1200. The molecule has 7 heteroatoms. The molecule has 3 unspecified atom stereocenters. The van der Waals surface area contributed by atoms with Gasteiger partial charge < -0.3 is 18.6 Å². The van der Waals surface area contributed by atoms with Crippen LogP contribution in [0.25, 0.3) is 0 Å². The maximum absolute atomic E-state index is 14.1. The Balaban J connectivity index is 1.45. The average molecular weight is 481 g/mol. The minimum atomic E-state index is -0.887. The zero-order valence-corrected chi connectivity index (χ0v) is 20.8. The van der Waals surface area contributed by atoms with Crippen molar-refractivity contribution in [2.45, 2.75) is 71.2 Å². The third-order valence-electron chi connectivity index (χ3n) is 11.2. The number of carbonyl (C=O) groups is 3. The van der Waals surface area contributed by atoms with Gasteiger partial charge in [-0.05, 0) is 55.7 Å². The summed E-state index contributed by atoms with van der Waals surface area (Å²) < 4.78 is 23.5. The summed E-state index contributed by atoms with van der Waals surface area (Å²) in [4.78, 5) is 40.5. The standard InChI is InChI=1S/C28H32O7/c1-12-14(13-6-7-33-11-13)9-17-20(12)27(3)18(10-19(29)32-5)28(4)22-21(24(27)34-17)35-25(31)26(22,2)16-8-15(16)23(28)30/h6-7,11,14-18,21-22,24H,8-10H2,1-5H3/t14?,15-,16?,17?,18-,21+,22-,24+,26+,27+,28+/m0/s1. The maximum atomic E-state index is 14.1. The summed E-state index contributed by atoms with van der Waals surface area (Å²) in [6.07, 6.45) is 4.03. The van der Waals surface area contributed by atoms with Gasteiger partial charge in [-0.2, -0.15) is 0 Å². The first-order chi connectivity index (χ1) is 16.6. The highest BCUT2D eigenvalue weighted by atomic mass is 16.6. The summed E-state index contributed by atoms with van der Waals surface area (Å²) >= 11 is 0. The summed E-state index contributed by atoms with van der Waals surface area (Å²) in [5.41, 5.74) is 1.22. The van der Waals surface area contributed by atoms with Crippen LogP contribution in [0.15, 0.2) is 34.2 Å². The van der Waals surface area contributed by atoms with Crippen LogP contribution in [0, 0.1) is 39.9 Å². The number of furan rings is 1. The Morgan fingerprint density at radius 1 is 1.14 bits per heavy atom. The number of methoxy groups -OCH3 is 1. The summed E-state index contributed by atoms with van der Waals surface area (Å²) in [7, 11) is 1.39. The smallest absolute Gasteiger partial charge is 0.312 e. The molecule has 0 N–H and O–H groups in total. The molecular weight excluding hydrogens is 448 g/mol. The number of rotatable bonds is 3. The number of carbonyl (C=O) groups excluding carboxylic acids is 3. The molecule has 5 fully saturated rings. The van der Waals surface area contributed by atoms with Gasteiger partial charge in [0.25, 0.3) is 0 Å². The molecule has 2 aliphatic heterocycles. The Labute approximate surface area is 204 Å². The molecule has 1 aromatic rings. The molecule has 0 radical (unpaired) electrons. The molecule has 7 nitrogen and oxygen atoms in total. The van der Waals surface area contributed by atoms with Crippen LogP contribution in [0.5, 0.6) is 0 Å². The molecule has 4 aliphatic carbocycles. The quantitative estimate of drug-likeness (QED) is 0.480. The van der Waals surface area contributed by atoms with E-state index in [2.05, 4.69) is 13.8 Å². The summed E-state index contributed by atoms with van der Waals surface area (Å²) in [6, 6.07) is 1.99. The minimum Gasteiger partial charge on any atom is -0.472 e. The summed E-state index contributed by atoms with van der Waals surface area (Å²) in [6.45, 7) is 8.27. The fourth-order valence-electron chi connectivity index (χ4n) is 9.74. The van der Waals surface area contributed by atoms with E-state index >= 15 is 0 Å². The third kappa shape index (κ3) is 2.26. The lowest BCUT2D eigenvalue weighted by molar-refractivity contribution is -0.198. The second-order valence-corrected chi connectivity index (χ2v) is 12.3. The summed E-state index contributed by atoms with van der Waals surface area (Å²) in [5.74, 6) is -0.967. The van der Waals surface area contributed by atoms with E-state index in [0.29, 0.717) is 0 Å². The molecule has 3 heterocycles. The number of Topliss-reactive ketones (excluding diaryl/α,β-unsaturated/α-hetero) is 1. The van der Waals surface area contributed by atoms with Crippen molar-refractivity contribution in [1.82, 2.24) is 0 Å². The van der Waals surface area contributed by atoms with E-state index in [1.807, 2.05) is 19.9 Å². The number of hydrogen-bond donors (Lipinski definition) is 0. The van der Waals surface area contributed by atoms with Gasteiger partial charge in [0.15, 0.2) is 0 Å². The average Bonchev–Trinajstić information content (AvgIpc) is 3.07. The van der Waals surface area contributed by atoms with Crippen molar-refractivity contribution in [2.24, 2.45) is 39.9 Å². The van der Waals surface area contributed by atoms with Gasteiger partial charge in [0.05, 0.1) is 37.6 Å². The van der Waals surface area contributed by atoms with Crippen molar-refractivity contribution >= 4 is 17.7 Å². The maximum Gasteiger partial charge on any atom is 0.312 e. The molecule has 35 heavy (non-hydrogen) atoms. The molecule has 0 bridgehead atoms. The molecule has 3 saturated carbocycles. The van der Waals surface area contributed by atoms with Gasteiger partial charge in [-0.1, -0.05) is 19.4 Å². The van der Waals surface area contributed by atoms with E-state index in [0.717, 1.165) is 24.0 Å². The van der Waals surface area contributed by atoms with Crippen LogP contribution in [0.4, 0.5) is 0 Å². The normalized spacial score (nSPS) is 50.9. The molecule has 186 valence electrons. The van der Waals surface area contributed by atoms with Gasteiger partial charge in [0.1, 0.15) is 18.0 Å². The molecular formula is C28H32O7. The van der Waals surface area contributed by atoms with Gasteiger partial charge in [-0.3, -0.25) is 14.4 Å². The zero-order valence-electron chi connectivity index (χ0n) is 20.8. The van der Waals surface area contributed by atoms with Crippen LogP contribution < -0.4 is 0 Å². The molecule has 2 saturated heterocycles. The van der Waals surface area contributed by atoms with Crippen LogP contribution >= 0.6 is 0 Å². The predicted molar refractivity (Wildman–Crippen MR) is 122 cm³/mol. The van der Waals surface area contributed by atoms with Gasteiger partial charge >= 0.3 is 11.9 Å². The van der Waals surface area contributed by atoms with E-state index in [1.165, 1.54) is 12.7 Å². The van der Waals surface area contributed by atoms with E-state index in [4.69, 9.17) is 18.6 Å². The molecule has 0 aromatic carbocycles. The van der Waals surface area contributed by atoms with Gasteiger partial charge in [0.2, 0.25) is 0 Å². The number of ketones is 1. The number of allylic oxidation sites excluding steroid dienone is 1. The first-order valence-electron chi connectivity index (χ1n) is 12.8. The second-order valence-electron chi connectivity index (χ2n) is 12.3. The Morgan fingerprint density at radius 3 is 2.60 bits per heavy atom. The van der Waals surface area contributed by atoms with Crippen molar-refractivity contribution in [2.75, 3.05) is 7.11 Å². The Morgan fingerprint density at radius 2 is 1.91 bits per heavy atom. The number of hydrogen-bond acceptors (Lipinski definition) is 7. The van der Waals surface area contributed by atoms with Crippen molar-refractivity contribution < 1.29 is 33.0 Å². The van der Waals surface area contributed by atoms with Gasteiger partial charge in [-0.15, -0.1) is 0 Å². The highest BCUT2D eigenvalue weighted by Gasteiger charge is 2.83. The Hall–Kier alpha value is -2.41. The summed E-state index contributed by atoms with van der Waals surface area (Å²) in [5, 5.41) is 0. The molecule has 0 amide bonds. The molecule has 0 spiro atoms. The van der Waals surface area contributed by atoms with Crippen LogP contribution in [0.1, 0.15) is 58.4 Å². The minimum absolute atomic E-state index is 0.0287. The largest absolute Gasteiger partial charge is 0.472 e. The van der Waals surface area contributed by atoms with Crippen LogP contribution in [0.3, 0.4) is 0 Å². The fraction of sp³-hybridized carbons (Fsp3) is 0.679. The van der Waals surface area contributed by atoms with Crippen molar-refractivity contribution in [3.63, 3.8) is 0 Å². The van der Waals surface area contributed by atoms with E-state index < -0.39 is 28.5 Å². The predicted octanol–water partition coefficient (Wildman–Crippen LogP) is 3.82. The monoisotopic (exact) mass is 480 g/mol. The molecule has 7 rings (SSSR count). The SMILES string of the molecule is COC(=O)C[C@H]1[C@]2(C)C3=C(C)C(c4ccoc4)CC3O[C@@H]2[C@@H]2OC(=O)[C@]3(C)C4C[C@@H]4C(=O)[C@@]1(C)[C@@H]23. The Kier molecular flexibility index (Phi) is 4.04. The van der Waals surface area contributed by atoms with Crippen LogP contribution in [0.2, 0.25) is 0 Å². The van der Waals surface area contributed by atoms with Crippen LogP contribution in [-0.4, -0.2) is 43.1 Å². The number of ether oxygens (including phenoxy) is 3. The van der Waals surface area contributed by atoms with E-state index in [9.17, 15) is 14.4 Å². The topological polar surface area (TPSA) is 92.0 Å².